The summed E-state index contributed by atoms with van der Waals surface area (Å²) < 4.78 is 0. The molecule has 0 bridgehead atoms. The first kappa shape index (κ1) is 32.1. The van der Waals surface area contributed by atoms with Crippen LogP contribution in [0.4, 0.5) is 0 Å². The van der Waals surface area contributed by atoms with Crippen molar-refractivity contribution < 1.29 is 39.6 Å². The monoisotopic (exact) mass is 539 g/mol. The van der Waals surface area contributed by atoms with Crippen LogP contribution in [0.5, 0.6) is 5.75 Å². The van der Waals surface area contributed by atoms with Gasteiger partial charge in [0, 0.05) is 6.54 Å². The molecule has 1 aromatic rings. The average Bonchev–Trinajstić information content (AvgIpc) is 2.82. The number of nitrogens with two attached hydrogens (primary N) is 3. The number of benzene rings is 1. The van der Waals surface area contributed by atoms with Crippen LogP contribution < -0.4 is 33.2 Å². The minimum atomic E-state index is -1.65. The third-order valence-corrected chi connectivity index (χ3v) is 5.42. The number of phenols is 1. The quantitative estimate of drug-likeness (QED) is 0.0596. The van der Waals surface area contributed by atoms with Gasteiger partial charge >= 0.3 is 5.97 Å². The number of aliphatic carboxylic acids is 1. The summed E-state index contributed by atoms with van der Waals surface area (Å²) in [5, 5.41) is 45.3. The molecule has 0 aromatic heterocycles. The van der Waals surface area contributed by atoms with Crippen LogP contribution in [-0.4, -0.2) is 93.0 Å². The van der Waals surface area contributed by atoms with E-state index in [-0.39, 0.29) is 37.5 Å². The van der Waals surface area contributed by atoms with Gasteiger partial charge in [0.15, 0.2) is 12.0 Å². The van der Waals surface area contributed by atoms with Gasteiger partial charge in [-0.3, -0.25) is 19.4 Å². The predicted molar refractivity (Wildman–Crippen MR) is 136 cm³/mol. The van der Waals surface area contributed by atoms with Gasteiger partial charge in [0.2, 0.25) is 17.7 Å². The van der Waals surface area contributed by atoms with Crippen LogP contribution in [0.15, 0.2) is 29.3 Å². The SMILES string of the molecule is CC(O)C(NC(=O)C(CCCN=C(N)N)NC(=O)C(NC(=O)C(N)Cc1ccc(O)cc1)C(C)O)C(=O)O. The fourth-order valence-corrected chi connectivity index (χ4v) is 3.32. The molecule has 0 aliphatic heterocycles. The zero-order valence-corrected chi connectivity index (χ0v) is 21.2. The second-order valence-corrected chi connectivity index (χ2v) is 8.78. The van der Waals surface area contributed by atoms with Crippen LogP contribution in [0.3, 0.4) is 0 Å². The molecule has 0 aliphatic rings. The summed E-state index contributed by atoms with van der Waals surface area (Å²) in [6.07, 6.45) is -2.59. The minimum absolute atomic E-state index is 0.0395. The van der Waals surface area contributed by atoms with Crippen molar-refractivity contribution in [3.63, 3.8) is 0 Å². The molecule has 0 fully saturated rings. The third kappa shape index (κ3) is 11.0. The van der Waals surface area contributed by atoms with E-state index < -0.39 is 60.1 Å². The van der Waals surface area contributed by atoms with E-state index in [1.165, 1.54) is 26.0 Å². The van der Waals surface area contributed by atoms with E-state index in [9.17, 15) is 39.6 Å². The zero-order chi connectivity index (χ0) is 29.0. The van der Waals surface area contributed by atoms with Gasteiger partial charge in [0.05, 0.1) is 18.2 Å². The molecular formula is C23H37N7O8. The smallest absolute Gasteiger partial charge is 0.328 e. The Hall–Kier alpha value is -3.95. The number of nitrogens with zero attached hydrogens (tertiary/aromatic N) is 1. The van der Waals surface area contributed by atoms with Gasteiger partial charge in [0.25, 0.3) is 0 Å². The number of hydrogen-bond acceptors (Lipinski definition) is 9. The van der Waals surface area contributed by atoms with E-state index in [1.54, 1.807) is 12.1 Å². The molecule has 6 unspecified atom stereocenters. The molecule has 15 heteroatoms. The summed E-state index contributed by atoms with van der Waals surface area (Å²) in [6, 6.07) is 0.428. The van der Waals surface area contributed by atoms with Gasteiger partial charge in [-0.2, -0.15) is 0 Å². The molecule has 0 radical (unpaired) electrons. The highest BCUT2D eigenvalue weighted by Crippen LogP contribution is 2.11. The number of carbonyl (C=O) groups is 4. The molecule has 0 heterocycles. The minimum Gasteiger partial charge on any atom is -0.508 e. The fraction of sp³-hybridized carbons (Fsp3) is 0.522. The second-order valence-electron chi connectivity index (χ2n) is 8.78. The number of phenolic OH excluding ortho intramolecular Hbond substituents is 1. The van der Waals surface area contributed by atoms with E-state index in [1.807, 2.05) is 0 Å². The first-order valence-electron chi connectivity index (χ1n) is 11.8. The Morgan fingerprint density at radius 1 is 0.895 bits per heavy atom. The second kappa shape index (κ2) is 15.3. The van der Waals surface area contributed by atoms with Crippen molar-refractivity contribution in [1.29, 1.82) is 0 Å². The number of rotatable bonds is 15. The molecule has 0 saturated carbocycles. The number of guanidine groups is 1. The number of aliphatic hydroxyl groups is 2. The van der Waals surface area contributed by atoms with Gasteiger partial charge in [0.1, 0.15) is 17.8 Å². The van der Waals surface area contributed by atoms with Gasteiger partial charge in [-0.1, -0.05) is 12.1 Å². The van der Waals surface area contributed by atoms with Gasteiger partial charge in [-0.05, 0) is 50.8 Å². The number of carbonyl (C=O) groups excluding carboxylic acids is 3. The maximum atomic E-state index is 13.0. The van der Waals surface area contributed by atoms with E-state index >= 15 is 0 Å². The van der Waals surface area contributed by atoms with Crippen LogP contribution >= 0.6 is 0 Å². The molecule has 0 aliphatic carbocycles. The van der Waals surface area contributed by atoms with E-state index in [0.717, 1.165) is 0 Å². The Balaban J connectivity index is 2.97. The van der Waals surface area contributed by atoms with E-state index in [4.69, 9.17) is 17.2 Å². The number of aliphatic hydroxyl groups excluding tert-OH is 2. The maximum Gasteiger partial charge on any atom is 0.328 e. The first-order chi connectivity index (χ1) is 17.7. The number of amides is 3. The Morgan fingerprint density at radius 2 is 1.45 bits per heavy atom. The lowest BCUT2D eigenvalue weighted by Gasteiger charge is -2.27. The van der Waals surface area contributed by atoms with E-state index in [0.29, 0.717) is 5.56 Å². The molecule has 0 saturated heterocycles. The lowest BCUT2D eigenvalue weighted by molar-refractivity contribution is -0.145. The van der Waals surface area contributed by atoms with Crippen molar-refractivity contribution in [1.82, 2.24) is 16.0 Å². The van der Waals surface area contributed by atoms with Crippen LogP contribution in [0.25, 0.3) is 0 Å². The summed E-state index contributed by atoms with van der Waals surface area (Å²) in [5.74, 6) is -4.25. The number of aliphatic imine (C=N–C) groups is 1. The van der Waals surface area contributed by atoms with Crippen molar-refractivity contribution in [3.05, 3.63) is 29.8 Å². The topological polar surface area (TPSA) is 276 Å². The number of aromatic hydroxyl groups is 1. The van der Waals surface area contributed by atoms with Crippen molar-refractivity contribution >= 4 is 29.7 Å². The number of nitrogens with one attached hydrogen (secondary N) is 3. The van der Waals surface area contributed by atoms with E-state index in [2.05, 4.69) is 20.9 Å². The normalized spacial score (nSPS) is 15.6. The lowest BCUT2D eigenvalue weighted by Crippen LogP contribution is -2.60. The van der Waals surface area contributed by atoms with Gasteiger partial charge in [-0.15, -0.1) is 0 Å². The summed E-state index contributed by atoms with van der Waals surface area (Å²) in [4.78, 5) is 53.6. The summed E-state index contributed by atoms with van der Waals surface area (Å²) in [7, 11) is 0. The summed E-state index contributed by atoms with van der Waals surface area (Å²) in [6.45, 7) is 2.52. The average molecular weight is 540 g/mol. The van der Waals surface area contributed by atoms with Crippen molar-refractivity contribution in [2.75, 3.05) is 6.54 Å². The molecule has 212 valence electrons. The maximum absolute atomic E-state index is 13.0. The Morgan fingerprint density at radius 3 is 1.95 bits per heavy atom. The standard InChI is InChI=1S/C23H37N7O8/c1-11(31)17(29-19(34)15(24)10-13-5-7-14(33)8-6-13)21(36)28-16(4-3-9-27-23(25)26)20(35)30-18(12(2)32)22(37)38/h5-8,11-12,15-18,31-33H,3-4,9-10,24H2,1-2H3,(H,28,36)(H,29,34)(H,30,35)(H,37,38)(H4,25,26,27). The van der Waals surface area contributed by atoms with Crippen molar-refractivity contribution in [3.8, 4) is 5.75 Å². The number of carboxylic acid groups (broad SMARTS) is 1. The van der Waals surface area contributed by atoms with Gasteiger partial charge in [-0.25, -0.2) is 4.79 Å². The van der Waals surface area contributed by atoms with Crippen molar-refractivity contribution in [2.45, 2.75) is 69.5 Å². The number of carboxylic acids is 1. The highest BCUT2D eigenvalue weighted by molar-refractivity contribution is 5.94. The van der Waals surface area contributed by atoms with Crippen LogP contribution in [0.2, 0.25) is 0 Å². The molecule has 38 heavy (non-hydrogen) atoms. The Kier molecular flexibility index (Phi) is 12.9. The third-order valence-electron chi connectivity index (χ3n) is 5.42. The first-order valence-corrected chi connectivity index (χ1v) is 11.8. The Bertz CT molecular complexity index is 980. The fourth-order valence-electron chi connectivity index (χ4n) is 3.32. The molecular weight excluding hydrogens is 502 g/mol. The molecule has 1 rings (SSSR count). The summed E-state index contributed by atoms with van der Waals surface area (Å²) >= 11 is 0. The highest BCUT2D eigenvalue weighted by atomic mass is 16.4. The largest absolute Gasteiger partial charge is 0.508 e. The number of hydrogen-bond donors (Lipinski definition) is 10. The molecule has 13 N–H and O–H groups in total. The predicted octanol–water partition coefficient (Wildman–Crippen LogP) is -3.38. The molecule has 6 atom stereocenters. The summed E-state index contributed by atoms with van der Waals surface area (Å²) in [5.41, 5.74) is 17.1. The lowest BCUT2D eigenvalue weighted by atomic mass is 10.0. The zero-order valence-electron chi connectivity index (χ0n) is 21.2. The van der Waals surface area contributed by atoms with Crippen molar-refractivity contribution in [2.24, 2.45) is 22.2 Å². The van der Waals surface area contributed by atoms with Gasteiger partial charge < -0.3 is 53.6 Å². The molecule has 15 nitrogen and oxygen atoms in total. The van der Waals surface area contributed by atoms with Crippen LogP contribution in [0.1, 0.15) is 32.3 Å². The highest BCUT2D eigenvalue weighted by Gasteiger charge is 2.33. The Labute approximate surface area is 219 Å². The van der Waals surface area contributed by atoms with Crippen LogP contribution in [-0.2, 0) is 25.6 Å². The molecule has 0 spiro atoms. The molecule has 1 aromatic carbocycles. The molecule has 3 amide bonds. The van der Waals surface area contributed by atoms with Crippen LogP contribution in [0, 0.1) is 0 Å².